The van der Waals surface area contributed by atoms with Gasteiger partial charge in [0, 0.05) is 6.04 Å². The third-order valence-electron chi connectivity index (χ3n) is 4.19. The summed E-state index contributed by atoms with van der Waals surface area (Å²) in [5.74, 6) is 2.03. The van der Waals surface area contributed by atoms with Gasteiger partial charge in [-0.05, 0) is 25.0 Å². The topological polar surface area (TPSA) is 85.1 Å². The van der Waals surface area contributed by atoms with Gasteiger partial charge in [-0.15, -0.1) is 0 Å². The molecule has 1 fully saturated rings. The summed E-state index contributed by atoms with van der Waals surface area (Å²) in [7, 11) is 1.64. The third kappa shape index (κ3) is 3.64. The number of anilines is 4. The normalized spacial score (nSPS) is 15.2. The summed E-state index contributed by atoms with van der Waals surface area (Å²) in [6.07, 6.45) is 7.69. The maximum Gasteiger partial charge on any atom is 0.159 e. The molecule has 1 saturated carbocycles. The van der Waals surface area contributed by atoms with Crippen molar-refractivity contribution in [2.75, 3.05) is 23.5 Å². The summed E-state index contributed by atoms with van der Waals surface area (Å²) in [6, 6.07) is 8.11. The monoisotopic (exact) mass is 313 g/mol. The van der Waals surface area contributed by atoms with Crippen LogP contribution in [-0.2, 0) is 0 Å². The number of ether oxygens (including phenoxy) is 1. The fourth-order valence-electron chi connectivity index (χ4n) is 2.93. The van der Waals surface area contributed by atoms with Crippen LogP contribution in [0.4, 0.5) is 23.0 Å². The minimum atomic E-state index is 0.445. The second-order valence-corrected chi connectivity index (χ2v) is 5.79. The average molecular weight is 313 g/mol. The largest absolute Gasteiger partial charge is 0.495 e. The first kappa shape index (κ1) is 15.4. The van der Waals surface area contributed by atoms with Crippen molar-refractivity contribution < 1.29 is 4.74 Å². The zero-order chi connectivity index (χ0) is 16.1. The van der Waals surface area contributed by atoms with E-state index in [1.807, 2.05) is 24.3 Å². The van der Waals surface area contributed by atoms with Crippen molar-refractivity contribution >= 4 is 23.0 Å². The first-order valence-electron chi connectivity index (χ1n) is 8.05. The van der Waals surface area contributed by atoms with Gasteiger partial charge in [0.25, 0.3) is 0 Å². The van der Waals surface area contributed by atoms with E-state index in [0.29, 0.717) is 23.4 Å². The molecule has 6 heteroatoms. The standard InChI is InChI=1S/C17H23N5O/c1-23-14-10-6-5-9-13(14)22-17-15(18)16(19-11-20-17)21-12-7-3-2-4-8-12/h5-6,9-12H,2-4,7-8,18H2,1H3,(H2,19,20,21,22). The minimum Gasteiger partial charge on any atom is -0.495 e. The Morgan fingerprint density at radius 1 is 1.09 bits per heavy atom. The molecule has 0 spiro atoms. The Kier molecular flexibility index (Phi) is 4.80. The lowest BCUT2D eigenvalue weighted by Crippen LogP contribution is -2.23. The smallest absolute Gasteiger partial charge is 0.159 e. The van der Waals surface area contributed by atoms with Crippen LogP contribution in [0.25, 0.3) is 0 Å². The lowest BCUT2D eigenvalue weighted by atomic mass is 9.95. The Morgan fingerprint density at radius 3 is 2.61 bits per heavy atom. The van der Waals surface area contributed by atoms with E-state index in [1.54, 1.807) is 7.11 Å². The molecule has 0 unspecified atom stereocenters. The lowest BCUT2D eigenvalue weighted by molar-refractivity contribution is 0.417. The molecule has 0 saturated heterocycles. The third-order valence-corrected chi connectivity index (χ3v) is 4.19. The molecule has 0 amide bonds. The average Bonchev–Trinajstić information content (AvgIpc) is 2.60. The van der Waals surface area contributed by atoms with Gasteiger partial charge in [0.2, 0.25) is 0 Å². The molecule has 1 aromatic heterocycles. The number of nitrogen functional groups attached to an aromatic ring is 1. The van der Waals surface area contributed by atoms with E-state index in [9.17, 15) is 0 Å². The van der Waals surface area contributed by atoms with E-state index < -0.39 is 0 Å². The van der Waals surface area contributed by atoms with E-state index in [2.05, 4.69) is 20.6 Å². The molecule has 3 rings (SSSR count). The summed E-state index contributed by atoms with van der Waals surface area (Å²) >= 11 is 0. The van der Waals surface area contributed by atoms with Crippen LogP contribution in [0.5, 0.6) is 5.75 Å². The zero-order valence-electron chi connectivity index (χ0n) is 13.4. The zero-order valence-corrected chi connectivity index (χ0v) is 13.4. The van der Waals surface area contributed by atoms with Gasteiger partial charge in [-0.25, -0.2) is 9.97 Å². The molecule has 1 aliphatic carbocycles. The molecule has 1 heterocycles. The molecule has 2 aromatic rings. The maximum atomic E-state index is 6.25. The molecule has 23 heavy (non-hydrogen) atoms. The Morgan fingerprint density at radius 2 is 1.83 bits per heavy atom. The quantitative estimate of drug-likeness (QED) is 0.782. The van der Waals surface area contributed by atoms with Gasteiger partial charge in [-0.3, -0.25) is 0 Å². The first-order valence-corrected chi connectivity index (χ1v) is 8.05. The summed E-state index contributed by atoms with van der Waals surface area (Å²) in [4.78, 5) is 8.56. The number of nitrogens with zero attached hydrogens (tertiary/aromatic N) is 2. The van der Waals surface area contributed by atoms with Crippen LogP contribution in [0.15, 0.2) is 30.6 Å². The summed E-state index contributed by atoms with van der Waals surface area (Å²) in [5.41, 5.74) is 7.60. The Balaban J connectivity index is 1.79. The summed E-state index contributed by atoms with van der Waals surface area (Å²) in [5, 5.41) is 6.68. The van der Waals surface area contributed by atoms with E-state index >= 15 is 0 Å². The van der Waals surface area contributed by atoms with E-state index in [1.165, 1.54) is 38.4 Å². The molecule has 1 aromatic carbocycles. The van der Waals surface area contributed by atoms with Gasteiger partial charge in [-0.1, -0.05) is 31.4 Å². The van der Waals surface area contributed by atoms with Crippen molar-refractivity contribution in [1.82, 2.24) is 9.97 Å². The molecular formula is C17H23N5O. The molecule has 0 radical (unpaired) electrons. The van der Waals surface area contributed by atoms with Gasteiger partial charge < -0.3 is 21.1 Å². The van der Waals surface area contributed by atoms with Crippen molar-refractivity contribution in [1.29, 1.82) is 0 Å². The number of aromatic nitrogens is 2. The van der Waals surface area contributed by atoms with Crippen LogP contribution >= 0.6 is 0 Å². The van der Waals surface area contributed by atoms with Crippen LogP contribution in [0.3, 0.4) is 0 Å². The molecule has 0 aliphatic heterocycles. The highest BCUT2D eigenvalue weighted by atomic mass is 16.5. The molecule has 122 valence electrons. The van der Waals surface area contributed by atoms with Crippen molar-refractivity contribution in [3.63, 3.8) is 0 Å². The SMILES string of the molecule is COc1ccccc1Nc1ncnc(NC2CCCCC2)c1N. The number of hydrogen-bond donors (Lipinski definition) is 3. The van der Waals surface area contributed by atoms with Crippen molar-refractivity contribution in [2.45, 2.75) is 38.1 Å². The van der Waals surface area contributed by atoms with Crippen molar-refractivity contribution in [2.24, 2.45) is 0 Å². The highest BCUT2D eigenvalue weighted by Gasteiger charge is 2.16. The predicted molar refractivity (Wildman–Crippen MR) is 93.2 cm³/mol. The molecule has 6 nitrogen and oxygen atoms in total. The molecular weight excluding hydrogens is 290 g/mol. The van der Waals surface area contributed by atoms with Crippen LogP contribution < -0.4 is 21.1 Å². The fourth-order valence-corrected chi connectivity index (χ4v) is 2.93. The lowest BCUT2D eigenvalue weighted by Gasteiger charge is -2.24. The van der Waals surface area contributed by atoms with Crippen molar-refractivity contribution in [3.8, 4) is 5.75 Å². The fraction of sp³-hybridized carbons (Fsp3) is 0.412. The number of nitrogens with one attached hydrogen (secondary N) is 2. The number of nitrogens with two attached hydrogens (primary N) is 1. The van der Waals surface area contributed by atoms with Crippen LogP contribution in [0, 0.1) is 0 Å². The van der Waals surface area contributed by atoms with E-state index in [0.717, 1.165) is 11.4 Å². The van der Waals surface area contributed by atoms with Gasteiger partial charge in [0.15, 0.2) is 11.6 Å². The number of para-hydroxylation sites is 2. The van der Waals surface area contributed by atoms with Gasteiger partial charge in [-0.2, -0.15) is 0 Å². The van der Waals surface area contributed by atoms with E-state index in [4.69, 9.17) is 10.5 Å². The Hall–Kier alpha value is -2.50. The summed E-state index contributed by atoms with van der Waals surface area (Å²) in [6.45, 7) is 0. The highest BCUT2D eigenvalue weighted by Crippen LogP contribution is 2.31. The van der Waals surface area contributed by atoms with Gasteiger partial charge in [0.1, 0.15) is 17.8 Å². The first-order chi connectivity index (χ1) is 11.3. The number of hydrogen-bond acceptors (Lipinski definition) is 6. The molecule has 0 bridgehead atoms. The number of methoxy groups -OCH3 is 1. The second-order valence-electron chi connectivity index (χ2n) is 5.79. The highest BCUT2D eigenvalue weighted by molar-refractivity contribution is 5.79. The van der Waals surface area contributed by atoms with Crippen molar-refractivity contribution in [3.05, 3.63) is 30.6 Å². The van der Waals surface area contributed by atoms with Crippen LogP contribution in [0.2, 0.25) is 0 Å². The van der Waals surface area contributed by atoms with Gasteiger partial charge >= 0.3 is 0 Å². The molecule has 4 N–H and O–H groups in total. The Labute approximate surface area is 136 Å². The van der Waals surface area contributed by atoms with Gasteiger partial charge in [0.05, 0.1) is 12.8 Å². The number of benzene rings is 1. The molecule has 1 aliphatic rings. The predicted octanol–water partition coefficient (Wildman–Crippen LogP) is 3.56. The van der Waals surface area contributed by atoms with E-state index in [-0.39, 0.29) is 0 Å². The maximum absolute atomic E-state index is 6.25. The van der Waals surface area contributed by atoms with Crippen LogP contribution in [-0.4, -0.2) is 23.1 Å². The summed E-state index contributed by atoms with van der Waals surface area (Å²) < 4.78 is 5.35. The Bertz CT molecular complexity index is 655. The molecule has 0 atom stereocenters. The minimum absolute atomic E-state index is 0.445. The number of rotatable bonds is 5. The van der Waals surface area contributed by atoms with Crippen LogP contribution in [0.1, 0.15) is 32.1 Å². The second kappa shape index (κ2) is 7.17.